The van der Waals surface area contributed by atoms with Crippen LogP contribution in [0, 0.1) is 6.92 Å². The molecule has 0 amide bonds. The van der Waals surface area contributed by atoms with Gasteiger partial charge in [0.25, 0.3) is 5.56 Å². The third kappa shape index (κ3) is 2.84. The van der Waals surface area contributed by atoms with Crippen molar-refractivity contribution >= 4 is 33.3 Å². The van der Waals surface area contributed by atoms with E-state index in [1.54, 1.807) is 34.8 Å². The molecule has 0 unspecified atom stereocenters. The van der Waals surface area contributed by atoms with Crippen LogP contribution >= 0.6 is 23.1 Å². The summed E-state index contributed by atoms with van der Waals surface area (Å²) in [7, 11) is 1.63. The Morgan fingerprint density at radius 1 is 1.33 bits per heavy atom. The van der Waals surface area contributed by atoms with Gasteiger partial charge in [-0.05, 0) is 36.8 Å². The first-order valence-corrected chi connectivity index (χ1v) is 9.73. The van der Waals surface area contributed by atoms with Crippen LogP contribution in [0.2, 0.25) is 0 Å². The van der Waals surface area contributed by atoms with Crippen LogP contribution in [-0.2, 0) is 6.42 Å². The van der Waals surface area contributed by atoms with Crippen LogP contribution in [0.4, 0.5) is 0 Å². The third-order valence-electron chi connectivity index (χ3n) is 3.94. The highest BCUT2D eigenvalue weighted by Gasteiger charge is 2.18. The molecule has 4 nitrogen and oxygen atoms in total. The number of hydrogen-bond acceptors (Lipinski definition) is 5. The van der Waals surface area contributed by atoms with E-state index >= 15 is 0 Å². The first kappa shape index (κ1) is 17.0. The van der Waals surface area contributed by atoms with Crippen molar-refractivity contribution in [1.29, 1.82) is 0 Å². The van der Waals surface area contributed by atoms with E-state index in [0.717, 1.165) is 44.5 Å². The minimum atomic E-state index is -0.00217. The minimum absolute atomic E-state index is 0.00217. The smallest absolute Gasteiger partial charge is 0.267 e. The molecule has 6 heteroatoms. The molecule has 0 fully saturated rings. The molecule has 24 heavy (non-hydrogen) atoms. The van der Waals surface area contributed by atoms with E-state index in [9.17, 15) is 4.79 Å². The van der Waals surface area contributed by atoms with Crippen molar-refractivity contribution in [2.45, 2.75) is 32.3 Å². The van der Waals surface area contributed by atoms with Crippen LogP contribution in [0.5, 0.6) is 5.75 Å². The average Bonchev–Trinajstić information content (AvgIpc) is 2.91. The van der Waals surface area contributed by atoms with Gasteiger partial charge in [0.1, 0.15) is 10.6 Å². The van der Waals surface area contributed by atoms with E-state index < -0.39 is 0 Å². The minimum Gasteiger partial charge on any atom is -0.497 e. The summed E-state index contributed by atoms with van der Waals surface area (Å²) in [6, 6.07) is 7.55. The van der Waals surface area contributed by atoms with Crippen molar-refractivity contribution in [2.75, 3.05) is 12.9 Å². The molecule has 0 bridgehead atoms. The lowest BCUT2D eigenvalue weighted by atomic mass is 10.2. The molecule has 0 atom stereocenters. The molecule has 0 saturated heterocycles. The molecule has 3 aromatic rings. The maximum absolute atomic E-state index is 13.2. The van der Waals surface area contributed by atoms with Crippen LogP contribution in [-0.4, -0.2) is 22.4 Å². The van der Waals surface area contributed by atoms with Crippen LogP contribution in [0.1, 0.15) is 24.3 Å². The fourth-order valence-electron chi connectivity index (χ4n) is 2.75. The van der Waals surface area contributed by atoms with E-state index in [-0.39, 0.29) is 5.56 Å². The molecule has 1 aromatic carbocycles. The molecule has 3 rings (SSSR count). The van der Waals surface area contributed by atoms with Gasteiger partial charge in [0, 0.05) is 10.9 Å². The van der Waals surface area contributed by atoms with Gasteiger partial charge < -0.3 is 4.74 Å². The number of aryl methyl sites for hydroxylation is 2. The zero-order chi connectivity index (χ0) is 17.3. The molecule has 0 aliphatic heterocycles. The lowest BCUT2D eigenvalue weighted by Crippen LogP contribution is -2.21. The van der Waals surface area contributed by atoms with Gasteiger partial charge in [0.2, 0.25) is 0 Å². The van der Waals surface area contributed by atoms with Gasteiger partial charge in [0.05, 0.1) is 18.2 Å². The number of benzene rings is 1. The predicted molar refractivity (Wildman–Crippen MR) is 102 cm³/mol. The molecule has 0 radical (unpaired) electrons. The summed E-state index contributed by atoms with van der Waals surface area (Å²) in [6.45, 7) is 6.19. The van der Waals surface area contributed by atoms with Crippen LogP contribution in [0.25, 0.3) is 15.9 Å². The molecule has 0 spiro atoms. The van der Waals surface area contributed by atoms with Crippen LogP contribution < -0.4 is 10.3 Å². The van der Waals surface area contributed by atoms with Crippen molar-refractivity contribution in [1.82, 2.24) is 9.55 Å². The Hall–Kier alpha value is -1.79. The predicted octanol–water partition coefficient (Wildman–Crippen LogP) is 4.44. The molecular formula is C18H20N2O2S2. The number of thiophene rings is 1. The Morgan fingerprint density at radius 2 is 2.12 bits per heavy atom. The highest BCUT2D eigenvalue weighted by Crippen LogP contribution is 2.30. The van der Waals surface area contributed by atoms with E-state index in [1.807, 2.05) is 31.2 Å². The molecule has 0 N–H and O–H groups in total. The summed E-state index contributed by atoms with van der Waals surface area (Å²) in [6.07, 6.45) is 0.918. The summed E-state index contributed by atoms with van der Waals surface area (Å²) >= 11 is 3.21. The SMILES string of the molecule is CCSc1nc2sc(CC)c(C)c2c(=O)n1-c1cccc(OC)c1. The number of rotatable bonds is 5. The molecular weight excluding hydrogens is 340 g/mol. The maximum atomic E-state index is 13.2. The number of ether oxygens (including phenoxy) is 1. The summed E-state index contributed by atoms with van der Waals surface area (Å²) < 4.78 is 7.01. The van der Waals surface area contributed by atoms with Crippen molar-refractivity contribution in [2.24, 2.45) is 0 Å². The topological polar surface area (TPSA) is 44.1 Å². The average molecular weight is 361 g/mol. The van der Waals surface area contributed by atoms with Crippen LogP contribution in [0.3, 0.4) is 0 Å². The number of aromatic nitrogens is 2. The van der Waals surface area contributed by atoms with Crippen LogP contribution in [0.15, 0.2) is 34.2 Å². The summed E-state index contributed by atoms with van der Waals surface area (Å²) in [4.78, 5) is 20.1. The Bertz CT molecular complexity index is 944. The van der Waals surface area contributed by atoms with E-state index in [2.05, 4.69) is 13.8 Å². The zero-order valence-electron chi connectivity index (χ0n) is 14.3. The first-order chi connectivity index (χ1) is 11.6. The van der Waals surface area contributed by atoms with E-state index in [0.29, 0.717) is 0 Å². The third-order valence-corrected chi connectivity index (χ3v) is 6.09. The second-order valence-electron chi connectivity index (χ2n) is 5.35. The van der Waals surface area contributed by atoms with Gasteiger partial charge in [0.15, 0.2) is 5.16 Å². The molecule has 0 aliphatic rings. The Labute approximate surface area is 149 Å². The zero-order valence-corrected chi connectivity index (χ0v) is 15.9. The van der Waals surface area contributed by atoms with Crippen molar-refractivity contribution in [3.05, 3.63) is 45.1 Å². The number of nitrogens with zero attached hydrogens (tertiary/aromatic N) is 2. The summed E-state index contributed by atoms with van der Waals surface area (Å²) in [5.41, 5.74) is 1.84. The quantitative estimate of drug-likeness (QED) is 0.498. The molecule has 2 heterocycles. The largest absolute Gasteiger partial charge is 0.497 e. The Morgan fingerprint density at radius 3 is 2.79 bits per heavy atom. The monoisotopic (exact) mass is 360 g/mol. The van der Waals surface area contributed by atoms with Gasteiger partial charge >= 0.3 is 0 Å². The molecule has 126 valence electrons. The van der Waals surface area contributed by atoms with E-state index in [1.165, 1.54) is 4.88 Å². The van der Waals surface area contributed by atoms with E-state index in [4.69, 9.17) is 9.72 Å². The van der Waals surface area contributed by atoms with Gasteiger partial charge in [-0.1, -0.05) is 31.7 Å². The second-order valence-corrected chi connectivity index (χ2v) is 7.67. The standard InChI is InChI=1S/C18H20N2O2S2/c1-5-14-11(3)15-16(24-14)19-18(23-6-2)20(17(15)21)12-8-7-9-13(10-12)22-4/h7-10H,5-6H2,1-4H3. The molecule has 2 aromatic heterocycles. The second kappa shape index (κ2) is 6.99. The fourth-order valence-corrected chi connectivity index (χ4v) is 4.65. The highest BCUT2D eigenvalue weighted by molar-refractivity contribution is 7.99. The van der Waals surface area contributed by atoms with Crippen molar-refractivity contribution in [3.8, 4) is 11.4 Å². The highest BCUT2D eigenvalue weighted by atomic mass is 32.2. The Balaban J connectivity index is 2.35. The lowest BCUT2D eigenvalue weighted by molar-refractivity contribution is 0.414. The van der Waals surface area contributed by atoms with Crippen molar-refractivity contribution < 1.29 is 4.74 Å². The lowest BCUT2D eigenvalue weighted by Gasteiger charge is -2.12. The first-order valence-electron chi connectivity index (χ1n) is 7.92. The fraction of sp³-hybridized carbons (Fsp3) is 0.333. The van der Waals surface area contributed by atoms with Gasteiger partial charge in [-0.25, -0.2) is 4.98 Å². The number of thioether (sulfide) groups is 1. The number of hydrogen-bond donors (Lipinski definition) is 0. The molecule has 0 aliphatic carbocycles. The van der Waals surface area contributed by atoms with Gasteiger partial charge in [-0.3, -0.25) is 9.36 Å². The van der Waals surface area contributed by atoms with Gasteiger partial charge in [-0.2, -0.15) is 0 Å². The normalized spacial score (nSPS) is 11.2. The number of fused-ring (bicyclic) bond motifs is 1. The summed E-state index contributed by atoms with van der Waals surface area (Å²) in [5, 5.41) is 1.47. The van der Waals surface area contributed by atoms with Crippen molar-refractivity contribution in [3.63, 3.8) is 0 Å². The van der Waals surface area contributed by atoms with Gasteiger partial charge in [-0.15, -0.1) is 11.3 Å². The molecule has 0 saturated carbocycles. The summed E-state index contributed by atoms with van der Waals surface area (Å²) in [5.74, 6) is 1.58. The number of methoxy groups -OCH3 is 1. The Kier molecular flexibility index (Phi) is 4.96. The maximum Gasteiger partial charge on any atom is 0.267 e.